The van der Waals surface area contributed by atoms with Gasteiger partial charge in [-0.3, -0.25) is 4.98 Å². The van der Waals surface area contributed by atoms with Gasteiger partial charge >= 0.3 is 0 Å². The van der Waals surface area contributed by atoms with Crippen molar-refractivity contribution in [2.75, 3.05) is 17.6 Å². The lowest BCUT2D eigenvalue weighted by Crippen LogP contribution is -2.20. The summed E-state index contributed by atoms with van der Waals surface area (Å²) in [6, 6.07) is 6.04. The maximum atomic E-state index is 6.06. The Hall–Kier alpha value is -1.29. The Morgan fingerprint density at radius 3 is 2.81 bits per heavy atom. The Morgan fingerprint density at radius 1 is 1.29 bits per heavy atom. The first-order valence-electron chi connectivity index (χ1n) is 7.71. The molecule has 4 heteroatoms. The summed E-state index contributed by atoms with van der Waals surface area (Å²) in [6.45, 7) is 3.39. The number of pyridine rings is 1. The van der Waals surface area contributed by atoms with Crippen LogP contribution in [0.15, 0.2) is 28.9 Å². The molecular formula is C17H22BrN3. The zero-order valence-corrected chi connectivity index (χ0v) is 14.0. The molecule has 0 saturated heterocycles. The van der Waals surface area contributed by atoms with Gasteiger partial charge in [-0.05, 0) is 58.8 Å². The number of aromatic nitrogens is 1. The van der Waals surface area contributed by atoms with Gasteiger partial charge in [0.2, 0.25) is 0 Å². The van der Waals surface area contributed by atoms with Crippen LogP contribution in [0.3, 0.4) is 0 Å². The number of halogens is 1. The molecular weight excluding hydrogens is 326 g/mol. The maximum absolute atomic E-state index is 6.06. The minimum Gasteiger partial charge on any atom is -0.398 e. The van der Waals surface area contributed by atoms with Crippen molar-refractivity contribution in [2.45, 2.75) is 32.6 Å². The number of nitrogen functional groups attached to an aromatic ring is 1. The van der Waals surface area contributed by atoms with E-state index in [1.165, 1.54) is 25.7 Å². The standard InChI is InChI=1S/C17H22BrN3/c1-11-2-4-12(5-3-11)9-20-16-7-6-15(19)14-8-13(18)10-21-17(14)16/h6-8,10-12,20H,2-5,9,19H2,1H3. The number of benzene rings is 1. The molecule has 3 nitrogen and oxygen atoms in total. The number of hydrogen-bond acceptors (Lipinski definition) is 3. The van der Waals surface area contributed by atoms with Crippen LogP contribution in [0.25, 0.3) is 10.9 Å². The summed E-state index contributed by atoms with van der Waals surface area (Å²) >= 11 is 3.46. The van der Waals surface area contributed by atoms with Crippen LogP contribution >= 0.6 is 15.9 Å². The van der Waals surface area contributed by atoms with Gasteiger partial charge in [0.1, 0.15) is 0 Å². The maximum Gasteiger partial charge on any atom is 0.0954 e. The van der Waals surface area contributed by atoms with Crippen LogP contribution in [0.2, 0.25) is 0 Å². The third-order valence-electron chi connectivity index (χ3n) is 4.57. The van der Waals surface area contributed by atoms with Crippen LogP contribution in [-0.4, -0.2) is 11.5 Å². The lowest BCUT2D eigenvalue weighted by atomic mass is 9.83. The summed E-state index contributed by atoms with van der Waals surface area (Å²) in [5, 5.41) is 4.59. The normalized spacial score (nSPS) is 22.4. The quantitative estimate of drug-likeness (QED) is 0.782. The first-order chi connectivity index (χ1) is 10.1. The average Bonchev–Trinajstić information content (AvgIpc) is 2.49. The van der Waals surface area contributed by atoms with E-state index in [4.69, 9.17) is 5.73 Å². The van der Waals surface area contributed by atoms with Crippen molar-refractivity contribution in [2.24, 2.45) is 11.8 Å². The van der Waals surface area contributed by atoms with Crippen molar-refractivity contribution in [3.8, 4) is 0 Å². The Morgan fingerprint density at radius 2 is 2.05 bits per heavy atom. The van der Waals surface area contributed by atoms with Crippen LogP contribution < -0.4 is 11.1 Å². The highest BCUT2D eigenvalue weighted by molar-refractivity contribution is 9.10. The summed E-state index contributed by atoms with van der Waals surface area (Å²) < 4.78 is 0.958. The molecule has 1 heterocycles. The third kappa shape index (κ3) is 3.31. The number of nitrogens with zero attached hydrogens (tertiary/aromatic N) is 1. The minimum atomic E-state index is 0.774. The highest BCUT2D eigenvalue weighted by atomic mass is 79.9. The lowest BCUT2D eigenvalue weighted by molar-refractivity contribution is 0.300. The van der Waals surface area contributed by atoms with Gasteiger partial charge in [-0.15, -0.1) is 0 Å². The van der Waals surface area contributed by atoms with Gasteiger partial charge in [0.15, 0.2) is 0 Å². The monoisotopic (exact) mass is 347 g/mol. The first kappa shape index (κ1) is 14.6. The topological polar surface area (TPSA) is 50.9 Å². The number of rotatable bonds is 3. The number of hydrogen-bond donors (Lipinski definition) is 2. The lowest BCUT2D eigenvalue weighted by Gasteiger charge is -2.26. The molecule has 112 valence electrons. The van der Waals surface area contributed by atoms with Gasteiger partial charge in [-0.25, -0.2) is 0 Å². The highest BCUT2D eigenvalue weighted by Gasteiger charge is 2.18. The fourth-order valence-electron chi connectivity index (χ4n) is 3.15. The summed E-state index contributed by atoms with van der Waals surface area (Å²) in [4.78, 5) is 4.53. The molecule has 1 aromatic heterocycles. The van der Waals surface area contributed by atoms with Crippen molar-refractivity contribution in [3.63, 3.8) is 0 Å². The van der Waals surface area contributed by atoms with E-state index in [1.807, 2.05) is 24.4 Å². The largest absolute Gasteiger partial charge is 0.398 e. The van der Waals surface area contributed by atoms with Crippen molar-refractivity contribution < 1.29 is 0 Å². The molecule has 0 aliphatic heterocycles. The molecule has 1 saturated carbocycles. The van der Waals surface area contributed by atoms with Crippen molar-refractivity contribution in [1.82, 2.24) is 4.98 Å². The zero-order chi connectivity index (χ0) is 14.8. The van der Waals surface area contributed by atoms with Gasteiger partial charge < -0.3 is 11.1 Å². The van der Waals surface area contributed by atoms with E-state index >= 15 is 0 Å². The van der Waals surface area contributed by atoms with Crippen LogP contribution in [0.1, 0.15) is 32.6 Å². The van der Waals surface area contributed by atoms with Gasteiger partial charge in [0.05, 0.1) is 11.2 Å². The SMILES string of the molecule is CC1CCC(CNc2ccc(N)c3cc(Br)cnc23)CC1. The Bertz CT molecular complexity index is 633. The fourth-order valence-corrected chi connectivity index (χ4v) is 3.48. The van der Waals surface area contributed by atoms with Crippen LogP contribution in [0.5, 0.6) is 0 Å². The predicted molar refractivity (Wildman–Crippen MR) is 93.5 cm³/mol. The fraction of sp³-hybridized carbons (Fsp3) is 0.471. The highest BCUT2D eigenvalue weighted by Crippen LogP contribution is 2.31. The van der Waals surface area contributed by atoms with Crippen LogP contribution in [-0.2, 0) is 0 Å². The molecule has 3 N–H and O–H groups in total. The number of fused-ring (bicyclic) bond motifs is 1. The molecule has 0 atom stereocenters. The van der Waals surface area contributed by atoms with Crippen molar-refractivity contribution >= 4 is 38.2 Å². The van der Waals surface area contributed by atoms with E-state index in [9.17, 15) is 0 Å². The van der Waals surface area contributed by atoms with E-state index in [0.717, 1.165) is 45.1 Å². The minimum absolute atomic E-state index is 0.774. The Balaban J connectivity index is 1.76. The molecule has 0 spiro atoms. The van der Waals surface area contributed by atoms with Gasteiger partial charge in [0.25, 0.3) is 0 Å². The molecule has 0 unspecified atom stereocenters. The molecule has 0 amide bonds. The van der Waals surface area contributed by atoms with Crippen molar-refractivity contribution in [1.29, 1.82) is 0 Å². The predicted octanol–water partition coefficient (Wildman–Crippen LogP) is 4.82. The molecule has 3 rings (SSSR count). The van der Waals surface area contributed by atoms with E-state index in [-0.39, 0.29) is 0 Å². The molecule has 1 aliphatic rings. The molecule has 1 aromatic carbocycles. The van der Waals surface area contributed by atoms with E-state index in [2.05, 4.69) is 33.2 Å². The second kappa shape index (κ2) is 6.22. The third-order valence-corrected chi connectivity index (χ3v) is 5.00. The molecule has 0 radical (unpaired) electrons. The van der Waals surface area contributed by atoms with Crippen LogP contribution in [0, 0.1) is 11.8 Å². The van der Waals surface area contributed by atoms with E-state index in [1.54, 1.807) is 0 Å². The molecule has 21 heavy (non-hydrogen) atoms. The summed E-state index contributed by atoms with van der Waals surface area (Å²) in [6.07, 6.45) is 7.22. The van der Waals surface area contributed by atoms with E-state index < -0.39 is 0 Å². The molecule has 1 fully saturated rings. The smallest absolute Gasteiger partial charge is 0.0954 e. The molecule has 0 bridgehead atoms. The molecule has 2 aromatic rings. The second-order valence-corrected chi connectivity index (χ2v) is 7.17. The Kier molecular flexibility index (Phi) is 4.34. The summed E-state index contributed by atoms with van der Waals surface area (Å²) in [7, 11) is 0. The Labute approximate surface area is 134 Å². The first-order valence-corrected chi connectivity index (χ1v) is 8.50. The van der Waals surface area contributed by atoms with E-state index in [0.29, 0.717) is 0 Å². The van der Waals surface area contributed by atoms with Gasteiger partial charge in [0, 0.05) is 28.3 Å². The number of nitrogens with two attached hydrogens (primary N) is 1. The second-order valence-electron chi connectivity index (χ2n) is 6.26. The number of nitrogens with one attached hydrogen (secondary N) is 1. The van der Waals surface area contributed by atoms with Crippen LogP contribution in [0.4, 0.5) is 11.4 Å². The summed E-state index contributed by atoms with van der Waals surface area (Å²) in [5.41, 5.74) is 8.88. The molecule has 1 aliphatic carbocycles. The zero-order valence-electron chi connectivity index (χ0n) is 12.4. The number of anilines is 2. The van der Waals surface area contributed by atoms with Gasteiger partial charge in [-0.1, -0.05) is 19.8 Å². The van der Waals surface area contributed by atoms with Gasteiger partial charge in [-0.2, -0.15) is 0 Å². The van der Waals surface area contributed by atoms with Crippen molar-refractivity contribution in [3.05, 3.63) is 28.9 Å². The summed E-state index contributed by atoms with van der Waals surface area (Å²) in [5.74, 6) is 1.68. The average molecular weight is 348 g/mol.